The molecule has 21 heavy (non-hydrogen) atoms. The lowest BCUT2D eigenvalue weighted by Crippen LogP contribution is -2.27. The zero-order valence-electron chi connectivity index (χ0n) is 12.4. The molecule has 3 heteroatoms. The van der Waals surface area contributed by atoms with Crippen LogP contribution in [0.25, 0.3) is 5.69 Å². The summed E-state index contributed by atoms with van der Waals surface area (Å²) in [5.41, 5.74) is 2.57. The second-order valence-corrected chi connectivity index (χ2v) is 6.48. The third-order valence-corrected chi connectivity index (χ3v) is 4.96. The minimum atomic E-state index is 0.652. The van der Waals surface area contributed by atoms with Crippen molar-refractivity contribution in [1.82, 2.24) is 15.1 Å². The van der Waals surface area contributed by atoms with Gasteiger partial charge < -0.3 is 5.32 Å². The summed E-state index contributed by atoms with van der Waals surface area (Å²) in [4.78, 5) is 0. The molecule has 4 rings (SSSR count). The molecule has 3 nitrogen and oxygen atoms in total. The molecule has 1 heterocycles. The number of aromatic nitrogens is 2. The normalized spacial score (nSPS) is 25.3. The first-order chi connectivity index (χ1) is 10.4. The third-order valence-electron chi connectivity index (χ3n) is 4.96. The van der Waals surface area contributed by atoms with Gasteiger partial charge in [0, 0.05) is 23.9 Å². The third kappa shape index (κ3) is 2.75. The zero-order chi connectivity index (χ0) is 14.1. The van der Waals surface area contributed by atoms with Crippen molar-refractivity contribution < 1.29 is 0 Å². The molecule has 1 aromatic carbocycles. The first kappa shape index (κ1) is 13.1. The lowest BCUT2D eigenvalue weighted by Gasteiger charge is -2.21. The first-order valence-electron chi connectivity index (χ1n) is 8.24. The number of hydrogen-bond donors (Lipinski definition) is 1. The number of rotatable bonds is 5. The van der Waals surface area contributed by atoms with E-state index >= 15 is 0 Å². The van der Waals surface area contributed by atoms with Crippen molar-refractivity contribution in [3.05, 3.63) is 48.3 Å². The van der Waals surface area contributed by atoms with Crippen LogP contribution in [0.1, 0.15) is 43.7 Å². The Hall–Kier alpha value is -1.61. The van der Waals surface area contributed by atoms with Gasteiger partial charge in [0.1, 0.15) is 0 Å². The first-order valence-corrected chi connectivity index (χ1v) is 8.24. The van der Waals surface area contributed by atoms with Crippen molar-refractivity contribution in [2.75, 3.05) is 6.54 Å². The largest absolute Gasteiger partial charge is 0.314 e. The lowest BCUT2D eigenvalue weighted by atomic mass is 9.92. The van der Waals surface area contributed by atoms with Crippen LogP contribution < -0.4 is 5.32 Å². The fraction of sp³-hybridized carbons (Fsp3) is 0.500. The van der Waals surface area contributed by atoms with Crippen molar-refractivity contribution in [2.24, 2.45) is 5.92 Å². The average Bonchev–Trinajstić information content (AvgIpc) is 3.04. The van der Waals surface area contributed by atoms with E-state index in [0.717, 1.165) is 12.0 Å². The summed E-state index contributed by atoms with van der Waals surface area (Å²) < 4.78 is 2.14. The Morgan fingerprint density at radius 2 is 1.90 bits per heavy atom. The van der Waals surface area contributed by atoms with Gasteiger partial charge in [-0.25, -0.2) is 4.68 Å². The molecule has 0 spiro atoms. The van der Waals surface area contributed by atoms with E-state index < -0.39 is 0 Å². The zero-order valence-corrected chi connectivity index (χ0v) is 12.4. The highest BCUT2D eigenvalue weighted by Gasteiger charge is 2.32. The molecule has 2 atom stereocenters. The molecule has 110 valence electrons. The van der Waals surface area contributed by atoms with Crippen molar-refractivity contribution in [3.8, 4) is 5.69 Å². The molecule has 2 aliphatic rings. The molecule has 0 radical (unpaired) electrons. The van der Waals surface area contributed by atoms with Crippen LogP contribution >= 0.6 is 0 Å². The van der Waals surface area contributed by atoms with E-state index in [0.29, 0.717) is 5.92 Å². The maximum atomic E-state index is 4.57. The Morgan fingerprint density at radius 1 is 1.05 bits per heavy atom. The molecule has 1 N–H and O–H groups in total. The molecule has 2 unspecified atom stereocenters. The highest BCUT2D eigenvalue weighted by atomic mass is 15.3. The summed E-state index contributed by atoms with van der Waals surface area (Å²) in [7, 11) is 0. The molecular weight excluding hydrogens is 258 g/mol. The molecule has 2 fully saturated rings. The molecule has 2 aliphatic carbocycles. The summed E-state index contributed by atoms with van der Waals surface area (Å²) >= 11 is 0. The van der Waals surface area contributed by atoms with Gasteiger partial charge in [-0.05, 0) is 56.3 Å². The Kier molecular flexibility index (Phi) is 3.52. The second kappa shape index (κ2) is 5.64. The van der Waals surface area contributed by atoms with Crippen LogP contribution in [0.3, 0.4) is 0 Å². The van der Waals surface area contributed by atoms with Crippen molar-refractivity contribution >= 4 is 0 Å². The topological polar surface area (TPSA) is 29.9 Å². The molecule has 2 saturated carbocycles. The Morgan fingerprint density at radius 3 is 2.71 bits per heavy atom. The van der Waals surface area contributed by atoms with Crippen molar-refractivity contribution in [1.29, 1.82) is 0 Å². The van der Waals surface area contributed by atoms with Gasteiger partial charge in [0.25, 0.3) is 0 Å². The highest BCUT2D eigenvalue weighted by molar-refractivity contribution is 5.33. The summed E-state index contributed by atoms with van der Waals surface area (Å²) in [6.07, 6.45) is 8.70. The van der Waals surface area contributed by atoms with Crippen LogP contribution in [-0.2, 0) is 0 Å². The van der Waals surface area contributed by atoms with Crippen LogP contribution in [0.15, 0.2) is 42.6 Å². The van der Waals surface area contributed by atoms with Gasteiger partial charge in [-0.1, -0.05) is 24.6 Å². The summed E-state index contributed by atoms with van der Waals surface area (Å²) in [5.74, 6) is 1.42. The number of hydrogen-bond acceptors (Lipinski definition) is 2. The quantitative estimate of drug-likeness (QED) is 0.909. The van der Waals surface area contributed by atoms with Gasteiger partial charge in [0.15, 0.2) is 0 Å². The number of para-hydroxylation sites is 1. The standard InChI is InChI=1S/C18H23N3/c1-2-6-16(7-3-1)21-18(11-12-20-21)17-8-4-5-14(17)13-19-15-9-10-15/h1-3,6-7,11-12,14-15,17,19H,4-5,8-10,13H2. The van der Waals surface area contributed by atoms with E-state index in [4.69, 9.17) is 0 Å². The van der Waals surface area contributed by atoms with E-state index in [1.807, 2.05) is 6.20 Å². The van der Waals surface area contributed by atoms with Gasteiger partial charge in [0.2, 0.25) is 0 Å². The second-order valence-electron chi connectivity index (χ2n) is 6.48. The van der Waals surface area contributed by atoms with Gasteiger partial charge in [-0.15, -0.1) is 0 Å². The van der Waals surface area contributed by atoms with Crippen LogP contribution in [-0.4, -0.2) is 22.4 Å². The molecule has 0 aliphatic heterocycles. The van der Waals surface area contributed by atoms with Gasteiger partial charge in [-0.2, -0.15) is 5.10 Å². The van der Waals surface area contributed by atoms with E-state index in [1.165, 1.54) is 50.0 Å². The van der Waals surface area contributed by atoms with E-state index in [2.05, 4.69) is 51.5 Å². The molecular formula is C18H23N3. The molecule has 0 amide bonds. The molecule has 0 bridgehead atoms. The number of benzene rings is 1. The summed E-state index contributed by atoms with van der Waals surface area (Å²) in [6, 6.07) is 13.5. The van der Waals surface area contributed by atoms with Gasteiger partial charge >= 0.3 is 0 Å². The number of nitrogens with one attached hydrogen (secondary N) is 1. The Bertz CT molecular complexity index is 586. The van der Waals surface area contributed by atoms with Crippen LogP contribution in [0, 0.1) is 5.92 Å². The fourth-order valence-corrected chi connectivity index (χ4v) is 3.66. The molecule has 1 aromatic heterocycles. The highest BCUT2D eigenvalue weighted by Crippen LogP contribution is 2.40. The molecule has 0 saturated heterocycles. The van der Waals surface area contributed by atoms with E-state index in [1.54, 1.807) is 0 Å². The van der Waals surface area contributed by atoms with Crippen LogP contribution in [0.5, 0.6) is 0 Å². The smallest absolute Gasteiger partial charge is 0.0648 e. The van der Waals surface area contributed by atoms with Crippen molar-refractivity contribution in [3.63, 3.8) is 0 Å². The van der Waals surface area contributed by atoms with Crippen molar-refractivity contribution in [2.45, 2.75) is 44.1 Å². The monoisotopic (exact) mass is 281 g/mol. The predicted octanol–water partition coefficient (Wildman–Crippen LogP) is 3.51. The van der Waals surface area contributed by atoms with Crippen LogP contribution in [0.2, 0.25) is 0 Å². The number of nitrogens with zero attached hydrogens (tertiary/aromatic N) is 2. The average molecular weight is 281 g/mol. The fourth-order valence-electron chi connectivity index (χ4n) is 3.66. The van der Waals surface area contributed by atoms with E-state index in [-0.39, 0.29) is 0 Å². The van der Waals surface area contributed by atoms with Gasteiger partial charge in [0.05, 0.1) is 5.69 Å². The van der Waals surface area contributed by atoms with Gasteiger partial charge in [-0.3, -0.25) is 0 Å². The minimum Gasteiger partial charge on any atom is -0.314 e. The minimum absolute atomic E-state index is 0.652. The summed E-state index contributed by atoms with van der Waals surface area (Å²) in [5, 5.41) is 8.29. The Labute approximate surface area is 126 Å². The maximum Gasteiger partial charge on any atom is 0.0648 e. The molecule has 2 aromatic rings. The SMILES string of the molecule is c1ccc(-n2nccc2C2CCCC2CNC2CC2)cc1. The summed E-state index contributed by atoms with van der Waals surface area (Å²) in [6.45, 7) is 1.18. The van der Waals surface area contributed by atoms with Crippen LogP contribution in [0.4, 0.5) is 0 Å². The Balaban J connectivity index is 1.56. The lowest BCUT2D eigenvalue weighted by molar-refractivity contribution is 0.431. The van der Waals surface area contributed by atoms with E-state index in [9.17, 15) is 0 Å². The maximum absolute atomic E-state index is 4.57. The predicted molar refractivity (Wildman–Crippen MR) is 84.7 cm³/mol.